The number of rotatable bonds is 10. The lowest BCUT2D eigenvalue weighted by Crippen LogP contribution is -2.57. The molecule has 10 heteroatoms. The van der Waals surface area contributed by atoms with Crippen LogP contribution in [0.15, 0.2) is 0 Å². The summed E-state index contributed by atoms with van der Waals surface area (Å²) < 4.78 is 5.83. The van der Waals surface area contributed by atoms with Gasteiger partial charge in [0.25, 0.3) is 0 Å². The van der Waals surface area contributed by atoms with E-state index in [1.165, 1.54) is 11.8 Å². The number of hydrogen-bond donors (Lipinski definition) is 3. The molecule has 0 spiro atoms. The van der Waals surface area contributed by atoms with Crippen LogP contribution in [0.1, 0.15) is 33.1 Å². The zero-order valence-corrected chi connectivity index (χ0v) is 17.4. The number of urea groups is 1. The number of carbonyl (C=O) groups is 4. The molecule has 0 aromatic carbocycles. The summed E-state index contributed by atoms with van der Waals surface area (Å²) in [6.45, 7) is 3.06. The zero-order chi connectivity index (χ0) is 19.9. The van der Waals surface area contributed by atoms with Gasteiger partial charge < -0.3 is 25.4 Å². The predicted octanol–water partition coefficient (Wildman–Crippen LogP) is 0.754. The summed E-state index contributed by atoms with van der Waals surface area (Å²) in [5.41, 5.74) is -1.32. The predicted molar refractivity (Wildman–Crippen MR) is 102 cm³/mol. The Bertz CT molecular complexity index is 558. The van der Waals surface area contributed by atoms with E-state index < -0.39 is 35.5 Å². The van der Waals surface area contributed by atoms with Crippen LogP contribution in [0.2, 0.25) is 0 Å². The first kappa shape index (κ1) is 22.5. The highest BCUT2D eigenvalue weighted by Crippen LogP contribution is 2.43. The highest BCUT2D eigenvalue weighted by molar-refractivity contribution is 14.1. The molecule has 1 aliphatic carbocycles. The fourth-order valence-corrected chi connectivity index (χ4v) is 2.98. The van der Waals surface area contributed by atoms with E-state index in [0.29, 0.717) is 13.0 Å². The van der Waals surface area contributed by atoms with E-state index in [0.717, 1.165) is 17.3 Å². The van der Waals surface area contributed by atoms with Gasteiger partial charge in [0.05, 0.1) is 0 Å². The number of ether oxygens (including phenoxy) is 1. The third-order valence-electron chi connectivity index (χ3n) is 4.33. The maximum atomic E-state index is 12.5. The fraction of sp³-hybridized carbons (Fsp3) is 0.750. The van der Waals surface area contributed by atoms with Crippen molar-refractivity contribution in [1.82, 2.24) is 15.5 Å². The minimum Gasteiger partial charge on any atom is -0.479 e. The number of unbranched alkanes of at least 4 members (excludes halogenated alkanes) is 1. The smallest absolute Gasteiger partial charge is 0.329 e. The first-order chi connectivity index (χ1) is 12.1. The summed E-state index contributed by atoms with van der Waals surface area (Å²) in [6, 6.07) is -1.65. The Morgan fingerprint density at radius 3 is 2.42 bits per heavy atom. The number of carbonyl (C=O) groups excluding carboxylic acids is 3. The van der Waals surface area contributed by atoms with Gasteiger partial charge in [0, 0.05) is 20.5 Å². The number of hydrogen-bond acceptors (Lipinski definition) is 5. The van der Waals surface area contributed by atoms with Crippen LogP contribution >= 0.6 is 22.6 Å². The van der Waals surface area contributed by atoms with Crippen molar-refractivity contribution in [2.75, 3.05) is 24.6 Å². The molecular formula is C16H26IN3O6. The normalized spacial score (nSPS) is 22.1. The molecule has 0 saturated heterocycles. The largest absolute Gasteiger partial charge is 0.479 e. The Labute approximate surface area is 166 Å². The summed E-state index contributed by atoms with van der Waals surface area (Å²) in [5, 5.41) is 14.3. The number of carboxylic acid groups (broad SMARTS) is 1. The minimum absolute atomic E-state index is 0.204. The molecule has 0 aliphatic heterocycles. The number of nitrogens with one attached hydrogen (secondary N) is 2. The van der Waals surface area contributed by atoms with Crippen LogP contribution in [0.25, 0.3) is 0 Å². The van der Waals surface area contributed by atoms with Gasteiger partial charge in [-0.15, -0.1) is 0 Å². The molecule has 3 N–H and O–H groups in total. The highest BCUT2D eigenvalue weighted by Gasteiger charge is 2.59. The van der Waals surface area contributed by atoms with Crippen molar-refractivity contribution in [2.45, 2.75) is 44.7 Å². The topological polar surface area (TPSA) is 125 Å². The molecule has 1 rings (SSSR count). The van der Waals surface area contributed by atoms with Crippen molar-refractivity contribution >= 4 is 46.5 Å². The zero-order valence-electron chi connectivity index (χ0n) is 15.2. The minimum atomic E-state index is -1.32. The lowest BCUT2D eigenvalue weighted by Gasteiger charge is -2.24. The number of alkyl halides is 1. The molecule has 3 atom stereocenters. The third-order valence-corrected chi connectivity index (χ3v) is 5.09. The van der Waals surface area contributed by atoms with Crippen molar-refractivity contribution in [3.8, 4) is 0 Å². The second-order valence-corrected chi connectivity index (χ2v) is 7.57. The van der Waals surface area contributed by atoms with E-state index >= 15 is 0 Å². The number of esters is 1. The Kier molecular flexibility index (Phi) is 8.57. The van der Waals surface area contributed by atoms with Gasteiger partial charge in [-0.25, -0.2) is 9.59 Å². The summed E-state index contributed by atoms with van der Waals surface area (Å²) >= 11 is 2.25. The van der Waals surface area contributed by atoms with Gasteiger partial charge in [-0.05, 0) is 29.6 Å². The van der Waals surface area contributed by atoms with E-state index in [9.17, 15) is 24.3 Å². The molecule has 0 aromatic heterocycles. The Hall–Kier alpha value is -1.59. The second-order valence-electron chi connectivity index (χ2n) is 6.49. The molecular weight excluding hydrogens is 457 g/mol. The van der Waals surface area contributed by atoms with Crippen LogP contribution in [-0.4, -0.2) is 70.1 Å². The van der Waals surface area contributed by atoms with Crippen LogP contribution in [0.4, 0.5) is 4.79 Å². The van der Waals surface area contributed by atoms with Gasteiger partial charge in [-0.1, -0.05) is 29.5 Å². The van der Waals surface area contributed by atoms with Crippen molar-refractivity contribution < 1.29 is 29.0 Å². The van der Waals surface area contributed by atoms with E-state index in [4.69, 9.17) is 4.74 Å². The molecule has 148 valence electrons. The number of carboxylic acids is 1. The van der Waals surface area contributed by atoms with E-state index in [1.54, 1.807) is 14.0 Å². The standard InChI is InChI=1S/C16H26IN3O6/c1-10-8-16(10,14(23)24)19-13(22)12(9-26-11(2)21)18-15(25)20(3)7-5-4-6-17/h10,12H,4-9H2,1-3H3,(H,18,25)(H,19,22)(H,23,24)/t10-,12+,16-/m1/s1. The Balaban J connectivity index is 2.71. The lowest BCUT2D eigenvalue weighted by molar-refractivity contribution is -0.146. The summed E-state index contributed by atoms with van der Waals surface area (Å²) in [4.78, 5) is 48.6. The van der Waals surface area contributed by atoms with Crippen molar-refractivity contribution in [2.24, 2.45) is 5.92 Å². The summed E-state index contributed by atoms with van der Waals surface area (Å²) in [7, 11) is 1.60. The van der Waals surface area contributed by atoms with Gasteiger partial charge >= 0.3 is 18.0 Å². The average Bonchev–Trinajstić information content (AvgIpc) is 3.21. The van der Waals surface area contributed by atoms with Crippen LogP contribution in [-0.2, 0) is 19.1 Å². The first-order valence-corrected chi connectivity index (χ1v) is 9.93. The molecule has 3 amide bonds. The first-order valence-electron chi connectivity index (χ1n) is 8.40. The monoisotopic (exact) mass is 483 g/mol. The van der Waals surface area contributed by atoms with Gasteiger partial charge in [-0.3, -0.25) is 9.59 Å². The summed E-state index contributed by atoms with van der Waals surface area (Å²) in [6.07, 6.45) is 2.11. The van der Waals surface area contributed by atoms with Gasteiger partial charge in [0.15, 0.2) is 0 Å². The molecule has 1 fully saturated rings. The molecule has 0 heterocycles. The van der Waals surface area contributed by atoms with Crippen molar-refractivity contribution in [3.05, 3.63) is 0 Å². The number of aliphatic carboxylic acids is 1. The summed E-state index contributed by atoms with van der Waals surface area (Å²) in [5.74, 6) is -2.61. The van der Waals surface area contributed by atoms with E-state index in [2.05, 4.69) is 33.2 Å². The van der Waals surface area contributed by atoms with Crippen LogP contribution in [0.3, 0.4) is 0 Å². The van der Waals surface area contributed by atoms with Gasteiger partial charge in [0.1, 0.15) is 18.2 Å². The third kappa shape index (κ3) is 6.29. The fourth-order valence-electron chi connectivity index (χ4n) is 2.44. The molecule has 0 bridgehead atoms. The van der Waals surface area contributed by atoms with Gasteiger partial charge in [0.2, 0.25) is 5.91 Å². The lowest BCUT2D eigenvalue weighted by atomic mass is 10.2. The molecule has 9 nitrogen and oxygen atoms in total. The Morgan fingerprint density at radius 2 is 1.96 bits per heavy atom. The molecule has 1 saturated carbocycles. The molecule has 26 heavy (non-hydrogen) atoms. The van der Waals surface area contributed by atoms with E-state index in [-0.39, 0.29) is 12.5 Å². The average molecular weight is 483 g/mol. The van der Waals surface area contributed by atoms with E-state index in [1.807, 2.05) is 0 Å². The van der Waals surface area contributed by atoms with Crippen molar-refractivity contribution in [3.63, 3.8) is 0 Å². The maximum Gasteiger partial charge on any atom is 0.329 e. The molecule has 0 radical (unpaired) electrons. The maximum absolute atomic E-state index is 12.5. The van der Waals surface area contributed by atoms with Crippen LogP contribution in [0.5, 0.6) is 0 Å². The molecule has 0 unspecified atom stereocenters. The SMILES string of the molecule is CC(=O)OC[C@H](NC(=O)N(C)CCCCI)C(=O)N[C@]1(C(=O)O)C[C@H]1C. The number of halogens is 1. The Morgan fingerprint density at radius 1 is 1.35 bits per heavy atom. The van der Waals surface area contributed by atoms with Crippen LogP contribution in [0, 0.1) is 5.92 Å². The van der Waals surface area contributed by atoms with Crippen LogP contribution < -0.4 is 10.6 Å². The quantitative estimate of drug-likeness (QED) is 0.182. The second kappa shape index (κ2) is 9.93. The molecule has 0 aromatic rings. The highest BCUT2D eigenvalue weighted by atomic mass is 127. The van der Waals surface area contributed by atoms with Gasteiger partial charge in [-0.2, -0.15) is 0 Å². The number of amides is 3. The van der Waals surface area contributed by atoms with Crippen molar-refractivity contribution in [1.29, 1.82) is 0 Å². The molecule has 1 aliphatic rings. The number of nitrogens with zero attached hydrogens (tertiary/aromatic N) is 1.